The molecule has 204 valence electrons. The number of piperidine rings is 2. The zero-order valence-electron chi connectivity index (χ0n) is 21.7. The van der Waals surface area contributed by atoms with Gasteiger partial charge in [-0.25, -0.2) is 0 Å². The summed E-state index contributed by atoms with van der Waals surface area (Å²) >= 11 is 0. The molecule has 3 saturated heterocycles. The molecule has 4 amide bonds. The van der Waals surface area contributed by atoms with Crippen LogP contribution in [0.4, 0.5) is 17.3 Å². The highest BCUT2D eigenvalue weighted by Crippen LogP contribution is 2.31. The number of amides is 4. The van der Waals surface area contributed by atoms with Gasteiger partial charge in [0.15, 0.2) is 5.82 Å². The Kier molecular flexibility index (Phi) is 6.63. The number of nitrogen functional groups attached to an aromatic ring is 1. The number of nitrogens with two attached hydrogens (primary N) is 1. The zero-order valence-corrected chi connectivity index (χ0v) is 21.7. The van der Waals surface area contributed by atoms with Crippen molar-refractivity contribution in [1.29, 1.82) is 0 Å². The lowest BCUT2D eigenvalue weighted by Crippen LogP contribution is -2.54. The molecule has 1 atom stereocenters. The van der Waals surface area contributed by atoms with Gasteiger partial charge in [-0.15, -0.1) is 10.2 Å². The molecule has 0 radical (unpaired) electrons. The topological polar surface area (TPSA) is 145 Å². The van der Waals surface area contributed by atoms with Crippen LogP contribution in [0.1, 0.15) is 46.4 Å². The van der Waals surface area contributed by atoms with Crippen molar-refractivity contribution in [2.75, 3.05) is 61.3 Å². The van der Waals surface area contributed by atoms with Gasteiger partial charge in [0.25, 0.3) is 11.8 Å². The highest BCUT2D eigenvalue weighted by Gasteiger charge is 2.44. The van der Waals surface area contributed by atoms with Gasteiger partial charge in [0.2, 0.25) is 11.8 Å². The number of nitrogens with zero attached hydrogens (tertiary/aromatic N) is 6. The largest absolute Gasteiger partial charge is 0.382 e. The van der Waals surface area contributed by atoms with Crippen molar-refractivity contribution in [3.63, 3.8) is 0 Å². The van der Waals surface area contributed by atoms with E-state index in [0.717, 1.165) is 75.1 Å². The lowest BCUT2D eigenvalue weighted by Gasteiger charge is -2.39. The van der Waals surface area contributed by atoms with Gasteiger partial charge in [-0.05, 0) is 55.5 Å². The Bertz CT molecular complexity index is 1300. The van der Waals surface area contributed by atoms with Gasteiger partial charge in [0, 0.05) is 57.9 Å². The van der Waals surface area contributed by atoms with Gasteiger partial charge in [-0.1, -0.05) is 0 Å². The number of anilines is 3. The Morgan fingerprint density at radius 2 is 1.56 bits per heavy atom. The van der Waals surface area contributed by atoms with E-state index in [9.17, 15) is 19.2 Å². The van der Waals surface area contributed by atoms with E-state index in [1.165, 1.54) is 0 Å². The fourth-order valence-electron chi connectivity index (χ4n) is 6.06. The van der Waals surface area contributed by atoms with Gasteiger partial charge in [-0.2, -0.15) is 0 Å². The van der Waals surface area contributed by atoms with E-state index in [1.807, 2.05) is 12.1 Å². The summed E-state index contributed by atoms with van der Waals surface area (Å²) in [4.78, 5) is 58.0. The standard InChI is InChI=1S/C27H32N8O4/c28-22-4-5-23(31-30-22)34-9-7-17(8-10-34)16-32-11-13-33(14-12-32)18-1-2-19-20(15-18)27(39)35(26(19)38)21-3-6-24(36)29-25(21)37/h1-2,4-5,15,17,21H,3,6-14,16H2,(H2,28,30)(H,29,36,37). The average molecular weight is 533 g/mol. The molecule has 3 fully saturated rings. The molecule has 12 nitrogen and oxygen atoms in total. The molecule has 2 aromatic rings. The second-order valence-corrected chi connectivity index (χ2v) is 10.7. The second-order valence-electron chi connectivity index (χ2n) is 10.7. The normalized spacial score (nSPS) is 22.9. The molecule has 6 rings (SSSR count). The van der Waals surface area contributed by atoms with Crippen LogP contribution in [0.25, 0.3) is 0 Å². The van der Waals surface area contributed by atoms with Gasteiger partial charge in [0.1, 0.15) is 11.9 Å². The summed E-state index contributed by atoms with van der Waals surface area (Å²) in [7, 11) is 0. The zero-order chi connectivity index (χ0) is 27.1. The summed E-state index contributed by atoms with van der Waals surface area (Å²) < 4.78 is 0. The summed E-state index contributed by atoms with van der Waals surface area (Å²) in [5.41, 5.74) is 7.18. The molecular weight excluding hydrogens is 500 g/mol. The minimum atomic E-state index is -0.951. The lowest BCUT2D eigenvalue weighted by molar-refractivity contribution is -0.136. The van der Waals surface area contributed by atoms with Crippen LogP contribution in [0, 0.1) is 5.92 Å². The van der Waals surface area contributed by atoms with Crippen LogP contribution in [0.2, 0.25) is 0 Å². The van der Waals surface area contributed by atoms with Crippen molar-refractivity contribution in [2.45, 2.75) is 31.7 Å². The Hall–Kier alpha value is -4.06. The van der Waals surface area contributed by atoms with E-state index in [4.69, 9.17) is 5.73 Å². The highest BCUT2D eigenvalue weighted by atomic mass is 16.2. The first-order valence-electron chi connectivity index (χ1n) is 13.5. The SMILES string of the molecule is Nc1ccc(N2CCC(CN3CCN(c4ccc5c(c4)C(=O)N(C4CCC(=O)NC4=O)C5=O)CC3)CC2)nn1. The van der Waals surface area contributed by atoms with E-state index >= 15 is 0 Å². The van der Waals surface area contributed by atoms with E-state index in [2.05, 4.69) is 30.2 Å². The van der Waals surface area contributed by atoms with Gasteiger partial charge >= 0.3 is 0 Å². The van der Waals surface area contributed by atoms with Crippen molar-refractivity contribution in [3.05, 3.63) is 41.5 Å². The fourth-order valence-corrected chi connectivity index (χ4v) is 6.06. The van der Waals surface area contributed by atoms with E-state index < -0.39 is 23.8 Å². The quantitative estimate of drug-likeness (QED) is 0.522. The van der Waals surface area contributed by atoms with Crippen LogP contribution in [0.15, 0.2) is 30.3 Å². The maximum absolute atomic E-state index is 13.2. The first kappa shape index (κ1) is 25.2. The molecule has 0 saturated carbocycles. The number of hydrogen-bond donors (Lipinski definition) is 2. The smallest absolute Gasteiger partial charge is 0.262 e. The lowest BCUT2D eigenvalue weighted by atomic mass is 9.96. The van der Waals surface area contributed by atoms with E-state index in [1.54, 1.807) is 18.2 Å². The molecule has 4 aliphatic rings. The molecule has 5 heterocycles. The van der Waals surface area contributed by atoms with E-state index in [0.29, 0.717) is 22.9 Å². The third-order valence-electron chi connectivity index (χ3n) is 8.29. The number of carbonyl (C=O) groups excluding carboxylic acids is 4. The molecule has 0 bridgehead atoms. The number of carbonyl (C=O) groups is 4. The van der Waals surface area contributed by atoms with Crippen molar-refractivity contribution in [3.8, 4) is 0 Å². The molecule has 39 heavy (non-hydrogen) atoms. The summed E-state index contributed by atoms with van der Waals surface area (Å²) in [6.07, 6.45) is 2.48. The van der Waals surface area contributed by atoms with Crippen LogP contribution in [0.5, 0.6) is 0 Å². The molecule has 12 heteroatoms. The minimum absolute atomic E-state index is 0.107. The predicted molar refractivity (Wildman–Crippen MR) is 143 cm³/mol. The number of aromatic nitrogens is 2. The van der Waals surface area contributed by atoms with Gasteiger partial charge in [-0.3, -0.25) is 34.3 Å². The van der Waals surface area contributed by atoms with Crippen LogP contribution in [-0.4, -0.2) is 95.5 Å². The maximum Gasteiger partial charge on any atom is 0.262 e. The monoisotopic (exact) mass is 532 g/mol. The fraction of sp³-hybridized carbons (Fsp3) is 0.481. The first-order chi connectivity index (χ1) is 18.9. The third kappa shape index (κ3) is 4.91. The second kappa shape index (κ2) is 10.3. The Morgan fingerprint density at radius 1 is 0.821 bits per heavy atom. The van der Waals surface area contributed by atoms with Gasteiger partial charge in [0.05, 0.1) is 11.1 Å². The number of fused-ring (bicyclic) bond motifs is 1. The van der Waals surface area contributed by atoms with Crippen LogP contribution < -0.4 is 20.9 Å². The molecule has 1 aromatic heterocycles. The third-order valence-corrected chi connectivity index (χ3v) is 8.29. The molecule has 0 aliphatic carbocycles. The van der Waals surface area contributed by atoms with Crippen molar-refractivity contribution in [1.82, 2.24) is 25.3 Å². The maximum atomic E-state index is 13.2. The Balaban J connectivity index is 1.03. The van der Waals surface area contributed by atoms with Crippen LogP contribution in [0.3, 0.4) is 0 Å². The Labute approximate surface area is 226 Å². The van der Waals surface area contributed by atoms with Crippen molar-refractivity contribution < 1.29 is 19.2 Å². The summed E-state index contributed by atoms with van der Waals surface area (Å²) in [5.74, 6) is 0.0236. The predicted octanol–water partition coefficient (Wildman–Crippen LogP) is 0.499. The van der Waals surface area contributed by atoms with Crippen molar-refractivity contribution >= 4 is 41.0 Å². The number of piperazine rings is 1. The number of rotatable bonds is 5. The van der Waals surface area contributed by atoms with E-state index in [-0.39, 0.29) is 18.7 Å². The summed E-state index contributed by atoms with van der Waals surface area (Å²) in [6.45, 7) is 6.50. The molecule has 4 aliphatic heterocycles. The number of imide groups is 2. The number of nitrogens with one attached hydrogen (secondary N) is 1. The summed E-state index contributed by atoms with van der Waals surface area (Å²) in [6, 6.07) is 8.10. The minimum Gasteiger partial charge on any atom is -0.382 e. The molecule has 1 aromatic carbocycles. The number of hydrogen-bond acceptors (Lipinski definition) is 10. The number of benzene rings is 1. The molecular formula is C27H32N8O4. The summed E-state index contributed by atoms with van der Waals surface area (Å²) in [5, 5.41) is 10.4. The highest BCUT2D eigenvalue weighted by molar-refractivity contribution is 6.23. The molecule has 0 spiro atoms. The molecule has 3 N–H and O–H groups in total. The van der Waals surface area contributed by atoms with Crippen LogP contribution in [-0.2, 0) is 9.59 Å². The molecule has 1 unspecified atom stereocenters. The first-order valence-corrected chi connectivity index (χ1v) is 13.5. The van der Waals surface area contributed by atoms with Crippen LogP contribution >= 0.6 is 0 Å². The Morgan fingerprint density at radius 3 is 2.26 bits per heavy atom. The van der Waals surface area contributed by atoms with Crippen molar-refractivity contribution in [2.24, 2.45) is 5.92 Å². The van der Waals surface area contributed by atoms with Gasteiger partial charge < -0.3 is 15.5 Å². The average Bonchev–Trinajstić information content (AvgIpc) is 3.19.